The number of anilines is 1. The minimum Gasteiger partial charge on any atom is -0.320 e. The third-order valence-corrected chi connectivity index (χ3v) is 3.68. The maximum Gasteiger partial charge on any atom is 0.242 e. The van der Waals surface area contributed by atoms with Crippen LogP contribution in [0.3, 0.4) is 0 Å². The van der Waals surface area contributed by atoms with E-state index in [2.05, 4.69) is 26.3 Å². The van der Waals surface area contributed by atoms with Gasteiger partial charge in [-0.1, -0.05) is 41.4 Å². The van der Waals surface area contributed by atoms with E-state index in [4.69, 9.17) is 5.73 Å². The second-order valence-corrected chi connectivity index (χ2v) is 5.80. The summed E-state index contributed by atoms with van der Waals surface area (Å²) in [5.41, 5.74) is 6.92. The second-order valence-electron chi connectivity index (χ2n) is 4.88. The predicted molar refractivity (Wildman–Crippen MR) is 87.0 cm³/mol. The monoisotopic (exact) mass is 350 g/mol. The number of nitrogens with zero attached hydrogens (tertiary/aromatic N) is 2. The van der Waals surface area contributed by atoms with Crippen molar-refractivity contribution in [3.63, 3.8) is 0 Å². The molecule has 0 spiro atoms. The first kappa shape index (κ1) is 15.7. The van der Waals surface area contributed by atoms with Crippen LogP contribution >= 0.6 is 15.9 Å². The standard InChI is InChI=1S/C15H19BrN4O/c1-2-3-13(17)15(21)19-14-8-9-18-20(14)10-11-4-6-12(16)7-5-11/h4-9,13H,2-3,10,17H2,1H3,(H,19,21). The van der Waals surface area contributed by atoms with E-state index >= 15 is 0 Å². The first-order valence-electron chi connectivity index (χ1n) is 6.93. The van der Waals surface area contributed by atoms with Gasteiger partial charge in [-0.05, 0) is 24.1 Å². The number of nitrogens with one attached hydrogen (secondary N) is 1. The van der Waals surface area contributed by atoms with Crippen LogP contribution in [0, 0.1) is 0 Å². The van der Waals surface area contributed by atoms with E-state index in [0.29, 0.717) is 18.8 Å². The number of aromatic nitrogens is 2. The Bertz CT molecular complexity index is 594. The molecule has 1 unspecified atom stereocenters. The van der Waals surface area contributed by atoms with Gasteiger partial charge in [0.05, 0.1) is 18.8 Å². The van der Waals surface area contributed by atoms with E-state index in [-0.39, 0.29) is 5.91 Å². The van der Waals surface area contributed by atoms with Gasteiger partial charge in [-0.2, -0.15) is 5.10 Å². The molecule has 112 valence electrons. The third kappa shape index (κ3) is 4.41. The number of hydrogen-bond donors (Lipinski definition) is 2. The lowest BCUT2D eigenvalue weighted by molar-refractivity contribution is -0.117. The molecular formula is C15H19BrN4O. The Kier molecular flexibility index (Phi) is 5.52. The van der Waals surface area contributed by atoms with Crippen LogP contribution in [0.5, 0.6) is 0 Å². The number of benzene rings is 1. The van der Waals surface area contributed by atoms with E-state index in [1.165, 1.54) is 0 Å². The summed E-state index contributed by atoms with van der Waals surface area (Å²) in [7, 11) is 0. The first-order valence-corrected chi connectivity index (χ1v) is 7.72. The Hall–Kier alpha value is -1.66. The van der Waals surface area contributed by atoms with Gasteiger partial charge >= 0.3 is 0 Å². The number of hydrogen-bond acceptors (Lipinski definition) is 3. The van der Waals surface area contributed by atoms with Crippen LogP contribution in [-0.4, -0.2) is 21.7 Å². The third-order valence-electron chi connectivity index (χ3n) is 3.15. The topological polar surface area (TPSA) is 72.9 Å². The van der Waals surface area contributed by atoms with Gasteiger partial charge in [-0.3, -0.25) is 4.79 Å². The van der Waals surface area contributed by atoms with Crippen molar-refractivity contribution in [1.82, 2.24) is 9.78 Å². The average molecular weight is 351 g/mol. The van der Waals surface area contributed by atoms with Gasteiger partial charge in [0.1, 0.15) is 5.82 Å². The molecule has 0 aliphatic rings. The zero-order valence-corrected chi connectivity index (χ0v) is 13.5. The van der Waals surface area contributed by atoms with E-state index in [1.807, 2.05) is 31.2 Å². The van der Waals surface area contributed by atoms with Gasteiger partial charge in [0.15, 0.2) is 0 Å². The molecule has 0 bridgehead atoms. The maximum absolute atomic E-state index is 12.0. The van der Waals surface area contributed by atoms with Crippen LogP contribution in [0.15, 0.2) is 41.0 Å². The van der Waals surface area contributed by atoms with Gasteiger partial charge in [0.25, 0.3) is 0 Å². The van der Waals surface area contributed by atoms with Crippen molar-refractivity contribution in [3.8, 4) is 0 Å². The summed E-state index contributed by atoms with van der Waals surface area (Å²) in [5, 5.41) is 7.08. The second kappa shape index (κ2) is 7.38. The lowest BCUT2D eigenvalue weighted by Gasteiger charge is -2.13. The molecule has 0 aliphatic heterocycles. The number of halogens is 1. The molecule has 1 amide bonds. The largest absolute Gasteiger partial charge is 0.320 e. The molecule has 2 rings (SSSR count). The molecule has 3 N–H and O–H groups in total. The van der Waals surface area contributed by atoms with Crippen LogP contribution in [0.2, 0.25) is 0 Å². The summed E-state index contributed by atoms with van der Waals surface area (Å²) in [4.78, 5) is 12.0. The highest BCUT2D eigenvalue weighted by atomic mass is 79.9. The van der Waals surface area contributed by atoms with Crippen molar-refractivity contribution in [2.75, 3.05) is 5.32 Å². The van der Waals surface area contributed by atoms with Gasteiger partial charge in [0, 0.05) is 10.5 Å². The lowest BCUT2D eigenvalue weighted by Crippen LogP contribution is -2.36. The van der Waals surface area contributed by atoms with Crippen LogP contribution < -0.4 is 11.1 Å². The van der Waals surface area contributed by atoms with Crippen molar-refractivity contribution in [2.45, 2.75) is 32.4 Å². The molecule has 0 saturated carbocycles. The summed E-state index contributed by atoms with van der Waals surface area (Å²) in [5.74, 6) is 0.490. The van der Waals surface area contributed by atoms with Crippen LogP contribution in [-0.2, 0) is 11.3 Å². The molecule has 1 atom stereocenters. The van der Waals surface area contributed by atoms with E-state index in [9.17, 15) is 4.79 Å². The number of amides is 1. The molecule has 1 aromatic heterocycles. The minimum absolute atomic E-state index is 0.172. The van der Waals surface area contributed by atoms with Gasteiger partial charge in [-0.25, -0.2) is 4.68 Å². The maximum atomic E-state index is 12.0. The first-order chi connectivity index (χ1) is 10.1. The Morgan fingerprint density at radius 3 is 2.76 bits per heavy atom. The molecule has 0 fully saturated rings. The summed E-state index contributed by atoms with van der Waals surface area (Å²) in [6.45, 7) is 2.60. The molecule has 6 heteroatoms. The smallest absolute Gasteiger partial charge is 0.242 e. The number of carbonyl (C=O) groups is 1. The van der Waals surface area contributed by atoms with Crippen LogP contribution in [0.1, 0.15) is 25.3 Å². The molecule has 21 heavy (non-hydrogen) atoms. The number of carbonyl (C=O) groups excluding carboxylic acids is 1. The summed E-state index contributed by atoms with van der Waals surface area (Å²) < 4.78 is 2.78. The molecule has 2 aromatic rings. The van der Waals surface area contributed by atoms with Gasteiger partial charge in [0.2, 0.25) is 5.91 Å². The number of nitrogens with two attached hydrogens (primary N) is 1. The fraction of sp³-hybridized carbons (Fsp3) is 0.333. The zero-order chi connectivity index (χ0) is 15.2. The fourth-order valence-electron chi connectivity index (χ4n) is 1.99. The van der Waals surface area contributed by atoms with E-state index in [0.717, 1.165) is 16.5 Å². The van der Waals surface area contributed by atoms with E-state index < -0.39 is 6.04 Å². The SMILES string of the molecule is CCCC(N)C(=O)Nc1ccnn1Cc1ccc(Br)cc1. The van der Waals surface area contributed by atoms with Gasteiger partial charge in [-0.15, -0.1) is 0 Å². The summed E-state index contributed by atoms with van der Waals surface area (Å²) in [6, 6.07) is 9.28. The summed E-state index contributed by atoms with van der Waals surface area (Å²) >= 11 is 3.41. The molecule has 1 heterocycles. The highest BCUT2D eigenvalue weighted by Crippen LogP contribution is 2.14. The molecule has 0 saturated heterocycles. The molecule has 0 radical (unpaired) electrons. The Morgan fingerprint density at radius 2 is 2.10 bits per heavy atom. The highest BCUT2D eigenvalue weighted by molar-refractivity contribution is 9.10. The molecular weight excluding hydrogens is 332 g/mol. The molecule has 0 aliphatic carbocycles. The Balaban J connectivity index is 2.04. The lowest BCUT2D eigenvalue weighted by atomic mass is 10.2. The minimum atomic E-state index is -0.481. The van der Waals surface area contributed by atoms with Crippen molar-refractivity contribution in [2.24, 2.45) is 5.73 Å². The average Bonchev–Trinajstić information content (AvgIpc) is 2.89. The molecule has 5 nitrogen and oxygen atoms in total. The predicted octanol–water partition coefficient (Wildman–Crippen LogP) is 2.76. The fourth-order valence-corrected chi connectivity index (χ4v) is 2.25. The van der Waals surface area contributed by atoms with Crippen LogP contribution in [0.4, 0.5) is 5.82 Å². The van der Waals surface area contributed by atoms with Crippen molar-refractivity contribution < 1.29 is 4.79 Å². The van der Waals surface area contributed by atoms with E-state index in [1.54, 1.807) is 16.9 Å². The number of rotatable bonds is 6. The Labute approximate surface area is 132 Å². The quantitative estimate of drug-likeness (QED) is 0.841. The van der Waals surface area contributed by atoms with Crippen molar-refractivity contribution >= 4 is 27.7 Å². The summed E-state index contributed by atoms with van der Waals surface area (Å²) in [6.07, 6.45) is 3.22. The Morgan fingerprint density at radius 1 is 1.38 bits per heavy atom. The van der Waals surface area contributed by atoms with Crippen LogP contribution in [0.25, 0.3) is 0 Å². The van der Waals surface area contributed by atoms with Crippen molar-refractivity contribution in [1.29, 1.82) is 0 Å². The zero-order valence-electron chi connectivity index (χ0n) is 11.9. The normalized spacial score (nSPS) is 12.1. The highest BCUT2D eigenvalue weighted by Gasteiger charge is 2.14. The van der Waals surface area contributed by atoms with Crippen molar-refractivity contribution in [3.05, 3.63) is 46.6 Å². The molecule has 1 aromatic carbocycles. The van der Waals surface area contributed by atoms with Gasteiger partial charge < -0.3 is 11.1 Å².